The van der Waals surface area contributed by atoms with Gasteiger partial charge in [-0.25, -0.2) is 4.39 Å². The van der Waals surface area contributed by atoms with Gasteiger partial charge in [-0.3, -0.25) is 9.88 Å². The van der Waals surface area contributed by atoms with Crippen LogP contribution in [0.2, 0.25) is 0 Å². The van der Waals surface area contributed by atoms with E-state index in [1.165, 1.54) is 43.8 Å². The quantitative estimate of drug-likeness (QED) is 0.845. The summed E-state index contributed by atoms with van der Waals surface area (Å²) in [5.41, 5.74) is 1.92. The van der Waals surface area contributed by atoms with Crippen LogP contribution in [0.25, 0.3) is 10.9 Å². The highest BCUT2D eigenvalue weighted by molar-refractivity contribution is 5.91. The second-order valence-corrected chi connectivity index (χ2v) is 7.07. The molecule has 2 aromatic rings. The van der Waals surface area contributed by atoms with Crippen molar-refractivity contribution >= 4 is 16.6 Å². The Morgan fingerprint density at radius 2 is 1.92 bits per heavy atom. The van der Waals surface area contributed by atoms with E-state index in [9.17, 15) is 4.39 Å². The molecular formula is C19H25FN4. The largest absolute Gasteiger partial charge is 0.368 e. The van der Waals surface area contributed by atoms with Crippen LogP contribution < -0.4 is 4.90 Å². The molecule has 4 nitrogen and oxygen atoms in total. The van der Waals surface area contributed by atoms with Gasteiger partial charge >= 0.3 is 0 Å². The minimum absolute atomic E-state index is 0.224. The Balaban J connectivity index is 1.48. The molecule has 0 bridgehead atoms. The maximum atomic E-state index is 13.4. The van der Waals surface area contributed by atoms with Crippen LogP contribution in [0.15, 0.2) is 30.5 Å². The molecule has 0 aliphatic carbocycles. The van der Waals surface area contributed by atoms with E-state index in [-0.39, 0.29) is 5.82 Å². The minimum atomic E-state index is -0.224. The summed E-state index contributed by atoms with van der Waals surface area (Å²) < 4.78 is 13.4. The number of fused-ring (bicyclic) bond motifs is 1. The van der Waals surface area contributed by atoms with Gasteiger partial charge < -0.3 is 9.80 Å². The Bertz CT molecular complexity index is 712. The van der Waals surface area contributed by atoms with Crippen molar-refractivity contribution in [2.45, 2.75) is 18.9 Å². The molecule has 2 saturated heterocycles. The molecule has 4 rings (SSSR count). The zero-order valence-electron chi connectivity index (χ0n) is 14.3. The number of hydrogen-bond acceptors (Lipinski definition) is 4. The molecule has 0 amide bonds. The lowest BCUT2D eigenvalue weighted by Crippen LogP contribution is -2.54. The maximum absolute atomic E-state index is 13.4. The molecule has 24 heavy (non-hydrogen) atoms. The van der Waals surface area contributed by atoms with Crippen molar-refractivity contribution < 1.29 is 4.39 Å². The van der Waals surface area contributed by atoms with Crippen molar-refractivity contribution in [1.82, 2.24) is 14.8 Å². The smallest absolute Gasteiger partial charge is 0.125 e. The van der Waals surface area contributed by atoms with Crippen LogP contribution in [0.1, 0.15) is 12.8 Å². The first-order valence-corrected chi connectivity index (χ1v) is 8.92. The molecule has 0 spiro atoms. The number of rotatable bonds is 2. The number of halogens is 1. The number of likely N-dealkylation sites (N-methyl/N-ethyl adjacent to an activating group) is 1. The van der Waals surface area contributed by atoms with Gasteiger partial charge in [-0.05, 0) is 44.6 Å². The third-order valence-corrected chi connectivity index (χ3v) is 5.45. The van der Waals surface area contributed by atoms with Crippen LogP contribution in [-0.2, 0) is 0 Å². The standard InChI is InChI=1S/C19H25FN4/c1-22-8-2-3-16(14-22)23-9-11-24(12-10-23)19-6-7-21-18-13-15(20)4-5-17(18)19/h4-7,13,16H,2-3,8-12,14H2,1H3. The summed E-state index contributed by atoms with van der Waals surface area (Å²) in [6, 6.07) is 7.67. The molecule has 2 fully saturated rings. The fourth-order valence-electron chi connectivity index (χ4n) is 4.15. The number of piperazine rings is 1. The molecule has 1 aromatic carbocycles. The van der Waals surface area contributed by atoms with Gasteiger partial charge in [-0.15, -0.1) is 0 Å². The van der Waals surface area contributed by atoms with Crippen LogP contribution in [0.4, 0.5) is 10.1 Å². The number of anilines is 1. The van der Waals surface area contributed by atoms with E-state index in [1.54, 1.807) is 6.20 Å². The summed E-state index contributed by atoms with van der Waals surface area (Å²) in [5.74, 6) is -0.224. The van der Waals surface area contributed by atoms with Crippen LogP contribution in [0.3, 0.4) is 0 Å². The molecule has 2 aliphatic rings. The molecule has 2 aliphatic heterocycles. The molecule has 0 saturated carbocycles. The molecule has 1 atom stereocenters. The number of pyridine rings is 1. The van der Waals surface area contributed by atoms with Gasteiger partial charge in [0, 0.05) is 62.1 Å². The lowest BCUT2D eigenvalue weighted by molar-refractivity contribution is 0.107. The predicted octanol–water partition coefficient (Wildman–Crippen LogP) is 2.59. The van der Waals surface area contributed by atoms with Gasteiger partial charge in [0.1, 0.15) is 5.82 Å². The summed E-state index contributed by atoms with van der Waals surface area (Å²) >= 11 is 0. The topological polar surface area (TPSA) is 22.6 Å². The van der Waals surface area contributed by atoms with E-state index < -0.39 is 0 Å². The maximum Gasteiger partial charge on any atom is 0.125 e. The van der Waals surface area contributed by atoms with Gasteiger partial charge in [-0.1, -0.05) is 0 Å². The van der Waals surface area contributed by atoms with Crippen molar-refractivity contribution in [1.29, 1.82) is 0 Å². The van der Waals surface area contributed by atoms with E-state index in [0.717, 1.165) is 37.1 Å². The third kappa shape index (κ3) is 3.10. The fraction of sp³-hybridized carbons (Fsp3) is 0.526. The average Bonchev–Trinajstić information content (AvgIpc) is 2.61. The Labute approximate surface area is 142 Å². The van der Waals surface area contributed by atoms with Gasteiger partial charge in [0.15, 0.2) is 0 Å². The lowest BCUT2D eigenvalue weighted by atomic mass is 10.0. The second kappa shape index (κ2) is 6.65. The summed E-state index contributed by atoms with van der Waals surface area (Å²) in [6.45, 7) is 6.67. The third-order valence-electron chi connectivity index (χ3n) is 5.45. The van der Waals surface area contributed by atoms with Crippen molar-refractivity contribution in [3.05, 3.63) is 36.3 Å². The highest BCUT2D eigenvalue weighted by Crippen LogP contribution is 2.27. The fourth-order valence-corrected chi connectivity index (χ4v) is 4.15. The number of benzene rings is 1. The van der Waals surface area contributed by atoms with Crippen LogP contribution in [-0.4, -0.2) is 67.1 Å². The van der Waals surface area contributed by atoms with E-state index in [0.29, 0.717) is 6.04 Å². The first kappa shape index (κ1) is 15.8. The van der Waals surface area contributed by atoms with Crippen molar-refractivity contribution in [3.63, 3.8) is 0 Å². The summed E-state index contributed by atoms with van der Waals surface area (Å²) in [7, 11) is 2.23. The zero-order chi connectivity index (χ0) is 16.5. The highest BCUT2D eigenvalue weighted by atomic mass is 19.1. The molecule has 0 N–H and O–H groups in total. The van der Waals surface area contributed by atoms with Gasteiger partial charge in [0.25, 0.3) is 0 Å². The molecular weight excluding hydrogens is 303 g/mol. The number of likely N-dealkylation sites (tertiary alicyclic amines) is 1. The van der Waals surface area contributed by atoms with Crippen molar-refractivity contribution in [2.24, 2.45) is 0 Å². The Hall–Kier alpha value is -1.72. The lowest BCUT2D eigenvalue weighted by Gasteiger charge is -2.43. The normalized spacial score (nSPS) is 23.8. The van der Waals surface area contributed by atoms with E-state index in [2.05, 4.69) is 32.8 Å². The second-order valence-electron chi connectivity index (χ2n) is 7.07. The number of nitrogens with zero attached hydrogens (tertiary/aromatic N) is 4. The molecule has 3 heterocycles. The molecule has 5 heteroatoms. The van der Waals surface area contributed by atoms with Crippen LogP contribution in [0.5, 0.6) is 0 Å². The number of aromatic nitrogens is 1. The number of hydrogen-bond donors (Lipinski definition) is 0. The summed E-state index contributed by atoms with van der Waals surface area (Å²) in [4.78, 5) is 11.8. The van der Waals surface area contributed by atoms with Gasteiger partial charge in [0.2, 0.25) is 0 Å². The molecule has 1 aromatic heterocycles. The van der Waals surface area contributed by atoms with Crippen LogP contribution >= 0.6 is 0 Å². The van der Waals surface area contributed by atoms with Gasteiger partial charge in [0.05, 0.1) is 5.52 Å². The van der Waals surface area contributed by atoms with E-state index in [4.69, 9.17) is 0 Å². The van der Waals surface area contributed by atoms with Crippen molar-refractivity contribution in [2.75, 3.05) is 51.2 Å². The van der Waals surface area contributed by atoms with E-state index in [1.807, 2.05) is 6.07 Å². The average molecular weight is 328 g/mol. The highest BCUT2D eigenvalue weighted by Gasteiger charge is 2.27. The zero-order valence-corrected chi connectivity index (χ0v) is 14.3. The Morgan fingerprint density at radius 3 is 2.71 bits per heavy atom. The Kier molecular flexibility index (Phi) is 4.37. The van der Waals surface area contributed by atoms with Crippen molar-refractivity contribution in [3.8, 4) is 0 Å². The van der Waals surface area contributed by atoms with Crippen LogP contribution in [0, 0.1) is 5.82 Å². The predicted molar refractivity (Wildman–Crippen MR) is 96.0 cm³/mol. The minimum Gasteiger partial charge on any atom is -0.368 e. The SMILES string of the molecule is CN1CCCC(N2CCN(c3ccnc4cc(F)ccc34)CC2)C1. The van der Waals surface area contributed by atoms with E-state index >= 15 is 0 Å². The first-order valence-electron chi connectivity index (χ1n) is 8.92. The molecule has 0 radical (unpaired) electrons. The monoisotopic (exact) mass is 328 g/mol. The number of piperidine rings is 1. The molecule has 1 unspecified atom stereocenters. The summed E-state index contributed by atoms with van der Waals surface area (Å²) in [5, 5.41) is 1.05. The van der Waals surface area contributed by atoms with Gasteiger partial charge in [-0.2, -0.15) is 0 Å². The molecule has 128 valence electrons. The summed E-state index contributed by atoms with van der Waals surface area (Å²) in [6.07, 6.45) is 4.42. The Morgan fingerprint density at radius 1 is 1.08 bits per heavy atom. The first-order chi connectivity index (χ1) is 11.7.